The van der Waals surface area contributed by atoms with Crippen molar-refractivity contribution in [3.05, 3.63) is 195 Å². The lowest BCUT2D eigenvalue weighted by molar-refractivity contribution is 1.16. The normalized spacial score (nSPS) is 11.4. The molecule has 0 aliphatic carbocycles. The maximum atomic E-state index is 11.4. The maximum absolute atomic E-state index is 11.4. The number of nitriles is 1. The summed E-state index contributed by atoms with van der Waals surface area (Å²) in [6, 6.07) is 51.1. The van der Waals surface area contributed by atoms with E-state index < -0.39 is 0 Å². The Bertz CT molecular complexity index is 3260. The van der Waals surface area contributed by atoms with E-state index in [4.69, 9.17) is 0 Å². The Morgan fingerprint density at radius 1 is 0.379 bits per heavy atom. The summed E-state index contributed by atoms with van der Waals surface area (Å²) in [5.74, 6) is 0. The van der Waals surface area contributed by atoms with Gasteiger partial charge in [-0.15, -0.1) is 0 Å². The molecule has 6 aromatic heterocycles. The summed E-state index contributed by atoms with van der Waals surface area (Å²) in [7, 11) is 0. The summed E-state index contributed by atoms with van der Waals surface area (Å²) in [5, 5.41) is 16.0. The van der Waals surface area contributed by atoms with E-state index in [1.165, 1.54) is 10.8 Å². The lowest BCUT2D eigenvalue weighted by Gasteiger charge is -2.26. The zero-order valence-electron chi connectivity index (χ0n) is 31.0. The zero-order valence-corrected chi connectivity index (χ0v) is 31.0. The molecule has 0 amide bonds. The predicted octanol–water partition coefficient (Wildman–Crippen LogP) is 12.0. The summed E-state index contributed by atoms with van der Waals surface area (Å²) in [6.45, 7) is 0. The van der Waals surface area contributed by atoms with Gasteiger partial charge >= 0.3 is 0 Å². The minimum absolute atomic E-state index is 0.509. The number of para-hydroxylation sites is 3. The Hall–Kier alpha value is -8.21. The van der Waals surface area contributed by atoms with Gasteiger partial charge in [0.05, 0.1) is 33.3 Å². The Morgan fingerprint density at radius 2 is 0.810 bits per heavy atom. The van der Waals surface area contributed by atoms with Crippen LogP contribution in [-0.2, 0) is 0 Å². The van der Waals surface area contributed by atoms with Crippen molar-refractivity contribution in [2.75, 3.05) is 0 Å². The Balaban J connectivity index is 1.43. The van der Waals surface area contributed by atoms with E-state index >= 15 is 0 Å². The van der Waals surface area contributed by atoms with Crippen LogP contribution in [0.15, 0.2) is 189 Å². The highest BCUT2D eigenvalue weighted by Crippen LogP contribution is 2.52. The predicted molar refractivity (Wildman–Crippen MR) is 233 cm³/mol. The molecule has 0 atom stereocenters. The minimum Gasteiger partial charge on any atom is -0.309 e. The molecule has 11 aromatic rings. The van der Waals surface area contributed by atoms with Crippen molar-refractivity contribution in [1.82, 2.24) is 29.1 Å². The second-order valence-corrected chi connectivity index (χ2v) is 14.2. The van der Waals surface area contributed by atoms with Gasteiger partial charge in [-0.05, 0) is 60.7 Å². The van der Waals surface area contributed by atoms with Gasteiger partial charge in [-0.3, -0.25) is 19.9 Å². The summed E-state index contributed by atoms with van der Waals surface area (Å²) in [6.07, 6.45) is 14.5. The third-order valence-electron chi connectivity index (χ3n) is 11.1. The highest BCUT2D eigenvalue weighted by molar-refractivity contribution is 6.20. The molecule has 11 rings (SSSR count). The van der Waals surface area contributed by atoms with E-state index in [2.05, 4.69) is 138 Å². The summed E-state index contributed by atoms with van der Waals surface area (Å²) in [5.41, 5.74) is 13.3. The first-order valence-electron chi connectivity index (χ1n) is 19.1. The van der Waals surface area contributed by atoms with Gasteiger partial charge in [0.15, 0.2) is 0 Å². The first-order valence-corrected chi connectivity index (χ1v) is 19.1. The number of nitrogens with zero attached hydrogens (tertiary/aromatic N) is 7. The molecule has 0 aliphatic heterocycles. The van der Waals surface area contributed by atoms with Crippen LogP contribution in [0.5, 0.6) is 0 Å². The number of hydrogen-bond donors (Lipinski definition) is 0. The van der Waals surface area contributed by atoms with Crippen molar-refractivity contribution in [2.45, 2.75) is 0 Å². The minimum atomic E-state index is 0.509. The molecule has 0 N–H and O–H groups in total. The molecule has 58 heavy (non-hydrogen) atoms. The fraction of sp³-hybridized carbons (Fsp3) is 0. The van der Waals surface area contributed by atoms with Gasteiger partial charge in [0, 0.05) is 121 Å². The first-order chi connectivity index (χ1) is 28.8. The zero-order chi connectivity index (χ0) is 38.6. The number of benzene rings is 5. The fourth-order valence-corrected chi connectivity index (χ4v) is 8.78. The number of pyridine rings is 4. The summed E-state index contributed by atoms with van der Waals surface area (Å²) >= 11 is 0. The SMILES string of the molecule is N#Cc1c(-c2cccnc2)c(-c2cccnc2)c(-n2c3ccccc3c3cc4c5ccccc5n(-c5ccccc5)c4cc32)c(-c2cccnc2)c1-c1cccnc1. The molecule has 0 spiro atoms. The van der Waals surface area contributed by atoms with Crippen LogP contribution in [-0.4, -0.2) is 29.1 Å². The molecule has 7 heteroatoms. The topological polar surface area (TPSA) is 85.2 Å². The van der Waals surface area contributed by atoms with Crippen LogP contribution in [0.2, 0.25) is 0 Å². The van der Waals surface area contributed by atoms with Crippen molar-refractivity contribution in [3.63, 3.8) is 0 Å². The van der Waals surface area contributed by atoms with Gasteiger partial charge in [0.2, 0.25) is 0 Å². The molecule has 0 saturated carbocycles. The molecular formula is C51H31N7. The van der Waals surface area contributed by atoms with Crippen molar-refractivity contribution in [1.29, 1.82) is 5.26 Å². The molecule has 5 aromatic carbocycles. The van der Waals surface area contributed by atoms with Crippen LogP contribution in [0.1, 0.15) is 5.56 Å². The van der Waals surface area contributed by atoms with E-state index in [0.29, 0.717) is 5.56 Å². The Morgan fingerprint density at radius 3 is 1.28 bits per heavy atom. The second kappa shape index (κ2) is 13.5. The van der Waals surface area contributed by atoms with Crippen molar-refractivity contribution < 1.29 is 0 Å². The maximum Gasteiger partial charge on any atom is 0.100 e. The Kier molecular flexibility index (Phi) is 7.73. The van der Waals surface area contributed by atoms with Gasteiger partial charge in [-0.1, -0.05) is 78.9 Å². The highest BCUT2D eigenvalue weighted by Gasteiger charge is 2.31. The fourth-order valence-electron chi connectivity index (χ4n) is 8.78. The molecule has 0 radical (unpaired) electrons. The van der Waals surface area contributed by atoms with E-state index in [9.17, 15) is 5.26 Å². The molecule has 0 fully saturated rings. The van der Waals surface area contributed by atoms with Crippen molar-refractivity contribution in [2.24, 2.45) is 0 Å². The van der Waals surface area contributed by atoms with Crippen molar-refractivity contribution >= 4 is 43.6 Å². The van der Waals surface area contributed by atoms with Gasteiger partial charge in [0.1, 0.15) is 6.07 Å². The molecule has 6 heterocycles. The highest BCUT2D eigenvalue weighted by atomic mass is 15.0. The molecule has 7 nitrogen and oxygen atoms in total. The van der Waals surface area contributed by atoms with Gasteiger partial charge in [-0.25, -0.2) is 0 Å². The standard InChI is InChI=1S/C51H31N7/c52-28-42-47(33-12-8-22-53-29-33)49(35-14-10-24-55-31-35)51(50(36-15-11-25-56-32-36)48(42)34-13-9-23-54-30-34)58-44-21-7-5-19-39(44)41-26-40-38-18-4-6-20-43(38)57(45(40)27-46(41)58)37-16-2-1-3-17-37/h1-27,29-32H. The van der Waals surface area contributed by atoms with Crippen molar-refractivity contribution in [3.8, 4) is 62.0 Å². The average Bonchev–Trinajstić information content (AvgIpc) is 3.80. The van der Waals surface area contributed by atoms with Crippen LogP contribution in [0.25, 0.3) is 99.5 Å². The largest absolute Gasteiger partial charge is 0.309 e. The Labute approximate surface area is 333 Å². The lowest BCUT2D eigenvalue weighted by atomic mass is 9.80. The van der Waals surface area contributed by atoms with Crippen LogP contribution < -0.4 is 0 Å². The molecule has 0 aliphatic rings. The molecule has 0 unspecified atom stereocenters. The molecule has 0 saturated heterocycles. The number of fused-ring (bicyclic) bond motifs is 6. The van der Waals surface area contributed by atoms with Gasteiger partial charge in [-0.2, -0.15) is 5.26 Å². The van der Waals surface area contributed by atoms with E-state index in [-0.39, 0.29) is 0 Å². The lowest BCUT2D eigenvalue weighted by Crippen LogP contribution is -2.07. The third kappa shape index (κ3) is 5.06. The second-order valence-electron chi connectivity index (χ2n) is 14.2. The van der Waals surface area contributed by atoms with Crippen LogP contribution in [0.4, 0.5) is 0 Å². The quantitative estimate of drug-likeness (QED) is 0.169. The van der Waals surface area contributed by atoms with Crippen LogP contribution in [0.3, 0.4) is 0 Å². The average molecular weight is 742 g/mol. The number of hydrogen-bond acceptors (Lipinski definition) is 5. The summed E-state index contributed by atoms with van der Waals surface area (Å²) in [4.78, 5) is 18.5. The number of aromatic nitrogens is 6. The first kappa shape index (κ1) is 33.2. The number of rotatable bonds is 6. The monoisotopic (exact) mass is 741 g/mol. The molecule has 270 valence electrons. The van der Waals surface area contributed by atoms with Gasteiger partial charge in [0.25, 0.3) is 0 Å². The smallest absolute Gasteiger partial charge is 0.100 e. The third-order valence-corrected chi connectivity index (χ3v) is 11.1. The van der Waals surface area contributed by atoms with Gasteiger partial charge < -0.3 is 9.13 Å². The van der Waals surface area contributed by atoms with E-state index in [1.807, 2.05) is 61.2 Å². The molecule has 0 bridgehead atoms. The van der Waals surface area contributed by atoms with Crippen LogP contribution in [0, 0.1) is 11.3 Å². The van der Waals surface area contributed by atoms with E-state index in [1.54, 1.807) is 24.8 Å². The molecular weight excluding hydrogens is 711 g/mol. The summed E-state index contributed by atoms with van der Waals surface area (Å²) < 4.78 is 4.75. The van der Waals surface area contributed by atoms with E-state index in [0.717, 1.165) is 88.7 Å². The van der Waals surface area contributed by atoms with Crippen LogP contribution >= 0.6 is 0 Å².